The Bertz CT molecular complexity index is 678. The average Bonchev–Trinajstić information content (AvgIpc) is 3.15. The van der Waals surface area contributed by atoms with Crippen LogP contribution in [0.25, 0.3) is 0 Å². The lowest BCUT2D eigenvalue weighted by Gasteiger charge is -2.16. The first-order valence-corrected chi connectivity index (χ1v) is 7.86. The predicted octanol–water partition coefficient (Wildman–Crippen LogP) is 2.50. The van der Waals surface area contributed by atoms with Crippen molar-refractivity contribution in [1.82, 2.24) is 15.0 Å². The van der Waals surface area contributed by atoms with Gasteiger partial charge in [0.15, 0.2) is 5.82 Å². The van der Waals surface area contributed by atoms with E-state index in [-0.39, 0.29) is 17.8 Å². The standard InChI is InChI=1S/C17H19N3O2/c1-11-18-16(22-19-11)15-10-20(17(21)13-7-8-13)9-14(15)12-5-3-2-4-6-12/h2-6,13-15H,7-10H2,1H3/t14-,15+/m1/s1. The van der Waals surface area contributed by atoms with Crippen molar-refractivity contribution < 1.29 is 9.32 Å². The molecule has 2 heterocycles. The fourth-order valence-electron chi connectivity index (χ4n) is 3.32. The minimum absolute atomic E-state index is 0.0892. The summed E-state index contributed by atoms with van der Waals surface area (Å²) in [6.07, 6.45) is 2.07. The van der Waals surface area contributed by atoms with E-state index < -0.39 is 0 Å². The van der Waals surface area contributed by atoms with Crippen LogP contribution in [0.2, 0.25) is 0 Å². The lowest BCUT2D eigenvalue weighted by atomic mass is 9.89. The highest BCUT2D eigenvalue weighted by Gasteiger charge is 2.43. The molecule has 1 aliphatic heterocycles. The molecule has 4 rings (SSSR count). The third-order valence-electron chi connectivity index (χ3n) is 4.65. The third kappa shape index (κ3) is 2.40. The van der Waals surface area contributed by atoms with Crippen molar-refractivity contribution in [3.8, 4) is 0 Å². The molecule has 2 aromatic rings. The molecule has 1 aromatic heterocycles. The average molecular weight is 297 g/mol. The molecule has 1 aliphatic carbocycles. The summed E-state index contributed by atoms with van der Waals surface area (Å²) < 4.78 is 5.41. The molecule has 0 spiro atoms. The van der Waals surface area contributed by atoms with Crippen molar-refractivity contribution in [3.63, 3.8) is 0 Å². The van der Waals surface area contributed by atoms with Gasteiger partial charge < -0.3 is 9.42 Å². The van der Waals surface area contributed by atoms with Crippen molar-refractivity contribution in [2.45, 2.75) is 31.6 Å². The number of carbonyl (C=O) groups excluding carboxylic acids is 1. The zero-order valence-electron chi connectivity index (χ0n) is 12.6. The van der Waals surface area contributed by atoms with Crippen LogP contribution in [-0.2, 0) is 4.79 Å². The number of amides is 1. The number of likely N-dealkylation sites (tertiary alicyclic amines) is 1. The van der Waals surface area contributed by atoms with Crippen LogP contribution in [0.5, 0.6) is 0 Å². The molecule has 0 radical (unpaired) electrons. The summed E-state index contributed by atoms with van der Waals surface area (Å²) in [5.74, 6) is 2.15. The van der Waals surface area contributed by atoms with Gasteiger partial charge in [-0.25, -0.2) is 0 Å². The molecule has 0 bridgehead atoms. The van der Waals surface area contributed by atoms with E-state index in [1.807, 2.05) is 30.0 Å². The summed E-state index contributed by atoms with van der Waals surface area (Å²) in [7, 11) is 0. The van der Waals surface area contributed by atoms with E-state index in [0.29, 0.717) is 24.2 Å². The van der Waals surface area contributed by atoms with Crippen LogP contribution >= 0.6 is 0 Å². The Labute approximate surface area is 129 Å². The molecule has 114 valence electrons. The second-order valence-corrected chi connectivity index (χ2v) is 6.32. The molecule has 2 atom stereocenters. The first-order chi connectivity index (χ1) is 10.7. The van der Waals surface area contributed by atoms with Gasteiger partial charge in [0.05, 0.1) is 5.92 Å². The zero-order chi connectivity index (χ0) is 15.1. The largest absolute Gasteiger partial charge is 0.341 e. The van der Waals surface area contributed by atoms with E-state index in [0.717, 1.165) is 19.4 Å². The number of carbonyl (C=O) groups is 1. The number of benzene rings is 1. The topological polar surface area (TPSA) is 59.2 Å². The van der Waals surface area contributed by atoms with Gasteiger partial charge in [-0.15, -0.1) is 0 Å². The monoisotopic (exact) mass is 297 g/mol. The quantitative estimate of drug-likeness (QED) is 0.873. The molecule has 1 saturated heterocycles. The summed E-state index contributed by atoms with van der Waals surface area (Å²) in [6, 6.07) is 10.3. The van der Waals surface area contributed by atoms with Gasteiger partial charge in [-0.05, 0) is 25.3 Å². The van der Waals surface area contributed by atoms with E-state index in [4.69, 9.17) is 4.52 Å². The molecule has 2 aliphatic rings. The van der Waals surface area contributed by atoms with Crippen molar-refractivity contribution in [1.29, 1.82) is 0 Å². The molecule has 1 amide bonds. The Morgan fingerprint density at radius 2 is 1.91 bits per heavy atom. The second-order valence-electron chi connectivity index (χ2n) is 6.32. The molecule has 22 heavy (non-hydrogen) atoms. The van der Waals surface area contributed by atoms with E-state index in [1.165, 1.54) is 5.56 Å². The van der Waals surface area contributed by atoms with Crippen molar-refractivity contribution in [3.05, 3.63) is 47.6 Å². The highest BCUT2D eigenvalue weighted by atomic mass is 16.5. The van der Waals surface area contributed by atoms with Crippen molar-refractivity contribution in [2.24, 2.45) is 5.92 Å². The lowest BCUT2D eigenvalue weighted by molar-refractivity contribution is -0.131. The molecule has 1 saturated carbocycles. The number of aromatic nitrogens is 2. The van der Waals surface area contributed by atoms with Gasteiger partial charge in [-0.3, -0.25) is 4.79 Å². The highest BCUT2D eigenvalue weighted by Crippen LogP contribution is 2.41. The molecular formula is C17H19N3O2. The fourth-order valence-corrected chi connectivity index (χ4v) is 3.32. The summed E-state index contributed by atoms with van der Waals surface area (Å²) in [4.78, 5) is 18.8. The van der Waals surface area contributed by atoms with Crippen molar-refractivity contribution in [2.75, 3.05) is 13.1 Å². The Morgan fingerprint density at radius 1 is 1.18 bits per heavy atom. The first kappa shape index (κ1) is 13.5. The van der Waals surface area contributed by atoms with Gasteiger partial charge in [-0.2, -0.15) is 4.98 Å². The van der Waals surface area contributed by atoms with Crippen molar-refractivity contribution >= 4 is 5.91 Å². The number of hydrogen-bond donors (Lipinski definition) is 0. The smallest absolute Gasteiger partial charge is 0.232 e. The SMILES string of the molecule is Cc1noc([C@H]2CN(C(=O)C3CC3)C[C@@H]2c2ccccc2)n1. The minimum Gasteiger partial charge on any atom is -0.341 e. The van der Waals surface area contributed by atoms with Gasteiger partial charge in [0.2, 0.25) is 11.8 Å². The maximum absolute atomic E-state index is 12.4. The summed E-state index contributed by atoms with van der Waals surface area (Å²) in [5, 5.41) is 3.92. The van der Waals surface area contributed by atoms with Crippen LogP contribution in [0.15, 0.2) is 34.9 Å². The Hall–Kier alpha value is -2.17. The number of rotatable bonds is 3. The molecule has 5 heteroatoms. The van der Waals surface area contributed by atoms with Gasteiger partial charge in [-0.1, -0.05) is 35.5 Å². The number of nitrogens with zero attached hydrogens (tertiary/aromatic N) is 3. The summed E-state index contributed by atoms with van der Waals surface area (Å²) in [5.41, 5.74) is 1.23. The van der Waals surface area contributed by atoms with E-state index in [1.54, 1.807) is 0 Å². The lowest BCUT2D eigenvalue weighted by Crippen LogP contribution is -2.30. The van der Waals surface area contributed by atoms with Gasteiger partial charge >= 0.3 is 0 Å². The fraction of sp³-hybridized carbons (Fsp3) is 0.471. The second kappa shape index (κ2) is 5.23. The van der Waals surface area contributed by atoms with Crippen LogP contribution in [0, 0.1) is 12.8 Å². The summed E-state index contributed by atoms with van der Waals surface area (Å²) >= 11 is 0. The van der Waals surface area contributed by atoms with Crippen LogP contribution in [0.3, 0.4) is 0 Å². The van der Waals surface area contributed by atoms with Crippen LogP contribution < -0.4 is 0 Å². The Kier molecular flexibility index (Phi) is 3.21. The van der Waals surface area contributed by atoms with Gasteiger partial charge in [0.25, 0.3) is 0 Å². The Morgan fingerprint density at radius 3 is 2.55 bits per heavy atom. The molecule has 0 unspecified atom stereocenters. The number of aryl methyl sites for hydroxylation is 1. The zero-order valence-corrected chi connectivity index (χ0v) is 12.6. The van der Waals surface area contributed by atoms with Gasteiger partial charge in [0.1, 0.15) is 0 Å². The predicted molar refractivity (Wildman–Crippen MR) is 80.3 cm³/mol. The van der Waals surface area contributed by atoms with Crippen LogP contribution in [0.4, 0.5) is 0 Å². The maximum atomic E-state index is 12.4. The van der Waals surface area contributed by atoms with Gasteiger partial charge in [0, 0.05) is 24.9 Å². The van der Waals surface area contributed by atoms with E-state index in [9.17, 15) is 4.79 Å². The highest BCUT2D eigenvalue weighted by molar-refractivity contribution is 5.81. The molecule has 5 nitrogen and oxygen atoms in total. The molecule has 0 N–H and O–H groups in total. The Balaban J connectivity index is 1.64. The summed E-state index contributed by atoms with van der Waals surface area (Å²) in [6.45, 7) is 3.24. The molecular weight excluding hydrogens is 278 g/mol. The van der Waals surface area contributed by atoms with E-state index >= 15 is 0 Å². The minimum atomic E-state index is 0.0892. The molecule has 1 aromatic carbocycles. The first-order valence-electron chi connectivity index (χ1n) is 7.86. The van der Waals surface area contributed by atoms with E-state index in [2.05, 4.69) is 22.3 Å². The maximum Gasteiger partial charge on any atom is 0.232 e. The number of hydrogen-bond acceptors (Lipinski definition) is 4. The molecule has 2 fully saturated rings. The van der Waals surface area contributed by atoms with Crippen LogP contribution in [-0.4, -0.2) is 34.0 Å². The normalized spacial score (nSPS) is 24.7. The van der Waals surface area contributed by atoms with Crippen LogP contribution in [0.1, 0.15) is 42.0 Å². The third-order valence-corrected chi connectivity index (χ3v) is 4.65.